The molecule has 118 valence electrons. The van der Waals surface area contributed by atoms with Crippen molar-refractivity contribution >= 4 is 15.7 Å². The molecule has 1 N–H and O–H groups in total. The summed E-state index contributed by atoms with van der Waals surface area (Å²) in [4.78, 5) is 4.35. The third-order valence-corrected chi connectivity index (χ3v) is 5.23. The van der Waals surface area contributed by atoms with Crippen LogP contribution in [0.5, 0.6) is 0 Å². The average molecular weight is 330 g/mol. The Bertz CT molecular complexity index is 910. The van der Waals surface area contributed by atoms with Crippen molar-refractivity contribution in [2.24, 2.45) is 0 Å². The van der Waals surface area contributed by atoms with Gasteiger partial charge in [0.25, 0.3) is 5.89 Å². The van der Waals surface area contributed by atoms with Crippen LogP contribution in [-0.4, -0.2) is 19.4 Å². The molecule has 0 radical (unpaired) electrons. The summed E-state index contributed by atoms with van der Waals surface area (Å²) in [5.41, 5.74) is 0. The van der Waals surface area contributed by atoms with Crippen molar-refractivity contribution in [3.63, 3.8) is 0 Å². The number of sulfone groups is 1. The zero-order valence-corrected chi connectivity index (χ0v) is 12.9. The lowest BCUT2D eigenvalue weighted by Gasteiger charge is -2.04. The highest BCUT2D eigenvalue weighted by atomic mass is 32.2. The number of benzene rings is 1. The highest BCUT2D eigenvalue weighted by molar-refractivity contribution is 7.91. The zero-order chi connectivity index (χ0) is 15.9. The number of oxazole rings is 1. The van der Waals surface area contributed by atoms with Gasteiger partial charge < -0.3 is 14.2 Å². The minimum Gasteiger partial charge on any atom is -0.459 e. The van der Waals surface area contributed by atoms with Gasteiger partial charge >= 0.3 is 0 Å². The molecule has 2 aromatic heterocycles. The molecule has 1 aliphatic carbocycles. The maximum atomic E-state index is 12.8. The molecule has 6 nitrogen and oxygen atoms in total. The predicted molar refractivity (Wildman–Crippen MR) is 82.7 cm³/mol. The predicted octanol–water partition coefficient (Wildman–Crippen LogP) is 3.34. The van der Waals surface area contributed by atoms with Gasteiger partial charge in [-0.3, -0.25) is 0 Å². The van der Waals surface area contributed by atoms with Crippen molar-refractivity contribution < 1.29 is 17.3 Å². The Morgan fingerprint density at radius 2 is 1.87 bits per heavy atom. The smallest absolute Gasteiger partial charge is 0.266 e. The highest BCUT2D eigenvalue weighted by Crippen LogP contribution is 2.35. The van der Waals surface area contributed by atoms with Crippen molar-refractivity contribution in [3.8, 4) is 11.7 Å². The lowest BCUT2D eigenvalue weighted by atomic mass is 10.4. The third-order valence-electron chi connectivity index (χ3n) is 3.55. The molecule has 0 bridgehead atoms. The second kappa shape index (κ2) is 5.27. The Morgan fingerprint density at radius 1 is 1.09 bits per heavy atom. The largest absolute Gasteiger partial charge is 0.459 e. The first kappa shape index (κ1) is 14.1. The molecule has 0 amide bonds. The fourth-order valence-electron chi connectivity index (χ4n) is 2.21. The summed E-state index contributed by atoms with van der Waals surface area (Å²) in [6.07, 6.45) is 3.46. The molecule has 23 heavy (non-hydrogen) atoms. The molecule has 3 aromatic rings. The van der Waals surface area contributed by atoms with Gasteiger partial charge in [0.15, 0.2) is 5.76 Å². The highest BCUT2D eigenvalue weighted by Gasteiger charge is 2.32. The monoisotopic (exact) mass is 330 g/mol. The Labute approximate surface area is 133 Å². The van der Waals surface area contributed by atoms with Gasteiger partial charge in [0.1, 0.15) is 0 Å². The van der Waals surface area contributed by atoms with Crippen LogP contribution in [0.3, 0.4) is 0 Å². The van der Waals surface area contributed by atoms with Crippen molar-refractivity contribution in [2.45, 2.75) is 28.8 Å². The van der Waals surface area contributed by atoms with Crippen molar-refractivity contribution in [3.05, 3.63) is 48.7 Å². The topological polar surface area (TPSA) is 85.3 Å². The second-order valence-electron chi connectivity index (χ2n) is 5.37. The summed E-state index contributed by atoms with van der Waals surface area (Å²) in [6.45, 7) is 0. The first-order valence-electron chi connectivity index (χ1n) is 7.26. The molecule has 4 rings (SSSR count). The molecule has 7 heteroatoms. The number of hydrogen-bond donors (Lipinski definition) is 1. The summed E-state index contributed by atoms with van der Waals surface area (Å²) in [5.74, 6) is 0.703. The van der Waals surface area contributed by atoms with Crippen LogP contribution in [0.4, 0.5) is 5.88 Å². The van der Waals surface area contributed by atoms with Crippen molar-refractivity contribution in [1.29, 1.82) is 0 Å². The van der Waals surface area contributed by atoms with Crippen LogP contribution in [-0.2, 0) is 9.84 Å². The van der Waals surface area contributed by atoms with Crippen LogP contribution in [0.15, 0.2) is 67.5 Å². The molecule has 0 aliphatic heterocycles. The van der Waals surface area contributed by atoms with Crippen LogP contribution in [0, 0.1) is 0 Å². The third kappa shape index (κ3) is 2.63. The van der Waals surface area contributed by atoms with Crippen LogP contribution >= 0.6 is 0 Å². The number of anilines is 1. The molecule has 0 atom stereocenters. The quantitative estimate of drug-likeness (QED) is 0.772. The number of nitrogens with zero attached hydrogens (tertiary/aromatic N) is 1. The fourth-order valence-corrected chi connectivity index (χ4v) is 3.50. The number of nitrogens with one attached hydrogen (secondary N) is 1. The van der Waals surface area contributed by atoms with Gasteiger partial charge in [-0.1, -0.05) is 18.2 Å². The number of rotatable bonds is 5. The molecule has 1 aliphatic rings. The van der Waals surface area contributed by atoms with E-state index in [1.54, 1.807) is 30.3 Å². The molecule has 2 heterocycles. The average Bonchev–Trinajstić information content (AvgIpc) is 3.03. The Morgan fingerprint density at radius 3 is 2.52 bits per heavy atom. The van der Waals surface area contributed by atoms with Gasteiger partial charge in [-0.25, -0.2) is 8.42 Å². The van der Waals surface area contributed by atoms with Crippen molar-refractivity contribution in [2.75, 3.05) is 5.32 Å². The summed E-state index contributed by atoms with van der Waals surface area (Å²) in [7, 11) is -3.77. The summed E-state index contributed by atoms with van der Waals surface area (Å²) in [5, 5.41) is 2.98. The maximum Gasteiger partial charge on any atom is 0.266 e. The molecule has 0 spiro atoms. The second-order valence-corrected chi connectivity index (χ2v) is 7.23. The Balaban J connectivity index is 1.83. The van der Waals surface area contributed by atoms with Crippen LogP contribution in [0.1, 0.15) is 12.8 Å². The van der Waals surface area contributed by atoms with E-state index in [4.69, 9.17) is 8.83 Å². The fraction of sp³-hybridized carbons (Fsp3) is 0.188. The lowest BCUT2D eigenvalue weighted by Crippen LogP contribution is -2.08. The van der Waals surface area contributed by atoms with E-state index in [9.17, 15) is 8.42 Å². The summed E-state index contributed by atoms with van der Waals surface area (Å²) in [6, 6.07) is 11.8. The summed E-state index contributed by atoms with van der Waals surface area (Å²) >= 11 is 0. The Hall–Kier alpha value is -2.54. The Kier molecular flexibility index (Phi) is 3.23. The van der Waals surface area contributed by atoms with Gasteiger partial charge in [0.05, 0.1) is 11.2 Å². The van der Waals surface area contributed by atoms with E-state index in [-0.39, 0.29) is 27.7 Å². The first-order chi connectivity index (χ1) is 11.1. The number of furan rings is 1. The van der Waals surface area contributed by atoms with E-state index in [1.807, 2.05) is 0 Å². The standard InChI is InChI=1S/C16H14N2O4S/c19-23(20,12-5-2-1-3-6-12)16-15(17-11-8-9-11)22-14(18-16)13-7-4-10-21-13/h1-7,10-11,17H,8-9H2. The van der Waals surface area contributed by atoms with Gasteiger partial charge in [0.2, 0.25) is 20.7 Å². The molecular formula is C16H14N2O4S. The van der Waals surface area contributed by atoms with Crippen molar-refractivity contribution in [1.82, 2.24) is 4.98 Å². The van der Waals surface area contributed by atoms with E-state index < -0.39 is 9.84 Å². The molecular weight excluding hydrogens is 316 g/mol. The normalized spacial score (nSPS) is 14.8. The van der Waals surface area contributed by atoms with E-state index in [0.717, 1.165) is 12.8 Å². The minimum atomic E-state index is -3.77. The SMILES string of the molecule is O=S(=O)(c1ccccc1)c1nc(-c2ccco2)oc1NC1CC1. The van der Waals surface area contributed by atoms with E-state index >= 15 is 0 Å². The van der Waals surface area contributed by atoms with E-state index in [2.05, 4.69) is 10.3 Å². The van der Waals surface area contributed by atoms with Gasteiger partial charge in [-0.05, 0) is 37.1 Å². The van der Waals surface area contributed by atoms with Gasteiger partial charge in [0, 0.05) is 6.04 Å². The van der Waals surface area contributed by atoms with Gasteiger partial charge in [-0.2, -0.15) is 4.98 Å². The van der Waals surface area contributed by atoms with Gasteiger partial charge in [-0.15, -0.1) is 0 Å². The maximum absolute atomic E-state index is 12.8. The summed E-state index contributed by atoms with van der Waals surface area (Å²) < 4.78 is 36.6. The molecule has 1 aromatic carbocycles. The van der Waals surface area contributed by atoms with Crippen LogP contribution < -0.4 is 5.32 Å². The molecule has 0 saturated heterocycles. The minimum absolute atomic E-state index is 0.109. The lowest BCUT2D eigenvalue weighted by molar-refractivity contribution is 0.522. The molecule has 0 unspecified atom stereocenters. The van der Waals surface area contributed by atoms with Crippen LogP contribution in [0.2, 0.25) is 0 Å². The number of aromatic nitrogens is 1. The zero-order valence-electron chi connectivity index (χ0n) is 12.1. The van der Waals surface area contributed by atoms with E-state index in [0.29, 0.717) is 5.76 Å². The van der Waals surface area contributed by atoms with Crippen LogP contribution in [0.25, 0.3) is 11.7 Å². The molecule has 1 fully saturated rings. The van der Waals surface area contributed by atoms with E-state index in [1.165, 1.54) is 18.4 Å². The molecule has 1 saturated carbocycles. The number of hydrogen-bond acceptors (Lipinski definition) is 6. The first-order valence-corrected chi connectivity index (χ1v) is 8.74.